The lowest BCUT2D eigenvalue weighted by molar-refractivity contribution is -0.111. The molecule has 1 N–H and O–H groups in total. The first-order chi connectivity index (χ1) is 12.2. The van der Waals surface area contributed by atoms with Crippen LogP contribution in [0.2, 0.25) is 5.15 Å². The van der Waals surface area contributed by atoms with E-state index in [1.165, 1.54) is 13.2 Å². The molecular weight excluding hydrogens is 376 g/mol. The van der Waals surface area contributed by atoms with Gasteiger partial charge >= 0.3 is 5.97 Å². The lowest BCUT2D eigenvalue weighted by Gasteiger charge is -2.05. The van der Waals surface area contributed by atoms with Crippen molar-refractivity contribution in [3.05, 3.63) is 33.1 Å². The molecule has 0 saturated carbocycles. The van der Waals surface area contributed by atoms with Gasteiger partial charge in [0.2, 0.25) is 5.91 Å². The Kier molecular flexibility index (Phi) is 6.55. The van der Waals surface area contributed by atoms with E-state index in [-0.39, 0.29) is 5.91 Å². The average Bonchev–Trinajstić information content (AvgIpc) is 3.04. The summed E-state index contributed by atoms with van der Waals surface area (Å²) in [4.78, 5) is 28.2. The second kappa shape index (κ2) is 8.46. The highest BCUT2D eigenvalue weighted by molar-refractivity contribution is 7.17. The topological polar surface area (TPSA) is 86.1 Å². The summed E-state index contributed by atoms with van der Waals surface area (Å²) in [7, 11) is 1.30. The van der Waals surface area contributed by atoms with Gasteiger partial charge in [0.05, 0.1) is 18.5 Å². The van der Waals surface area contributed by atoms with E-state index in [0.29, 0.717) is 38.9 Å². The Morgan fingerprint density at radius 3 is 2.65 bits per heavy atom. The molecule has 0 unspecified atom stereocenters. The number of nitrogens with one attached hydrogen (secondary N) is 1. The minimum atomic E-state index is -0.476. The van der Waals surface area contributed by atoms with Gasteiger partial charge in [-0.25, -0.2) is 9.78 Å². The van der Waals surface area contributed by atoms with Gasteiger partial charge in [-0.1, -0.05) is 36.8 Å². The van der Waals surface area contributed by atoms with Gasteiger partial charge in [0.1, 0.15) is 10.0 Å². The zero-order valence-electron chi connectivity index (χ0n) is 15.3. The van der Waals surface area contributed by atoms with Crippen molar-refractivity contribution in [2.75, 3.05) is 12.4 Å². The van der Waals surface area contributed by atoms with Crippen LogP contribution in [-0.2, 0) is 16.1 Å². The third kappa shape index (κ3) is 4.70. The van der Waals surface area contributed by atoms with E-state index in [1.807, 2.05) is 6.92 Å². The van der Waals surface area contributed by atoms with Crippen molar-refractivity contribution in [3.63, 3.8) is 0 Å². The second-order valence-electron chi connectivity index (χ2n) is 6.11. The van der Waals surface area contributed by atoms with Gasteiger partial charge in [-0.2, -0.15) is 5.10 Å². The van der Waals surface area contributed by atoms with Crippen molar-refractivity contribution in [1.29, 1.82) is 0 Å². The number of nitrogens with zero attached hydrogens (tertiary/aromatic N) is 3. The summed E-state index contributed by atoms with van der Waals surface area (Å²) in [6.45, 7) is 8.38. The van der Waals surface area contributed by atoms with Crippen molar-refractivity contribution in [1.82, 2.24) is 14.8 Å². The number of carbonyl (C=O) groups excluding carboxylic acids is 2. The van der Waals surface area contributed by atoms with E-state index in [9.17, 15) is 9.59 Å². The summed E-state index contributed by atoms with van der Waals surface area (Å²) in [6, 6.07) is 0. The zero-order chi connectivity index (χ0) is 19.4. The molecule has 0 atom stereocenters. The lowest BCUT2D eigenvalue weighted by atomic mass is 10.2. The molecule has 7 nitrogen and oxygen atoms in total. The van der Waals surface area contributed by atoms with Crippen LogP contribution in [0.1, 0.15) is 40.5 Å². The fourth-order valence-electron chi connectivity index (χ4n) is 2.26. The largest absolute Gasteiger partial charge is 0.465 e. The number of amides is 1. The van der Waals surface area contributed by atoms with E-state index in [4.69, 9.17) is 11.6 Å². The first-order valence-corrected chi connectivity index (χ1v) is 9.20. The number of anilines is 1. The molecule has 0 saturated heterocycles. The van der Waals surface area contributed by atoms with Crippen molar-refractivity contribution in [3.8, 4) is 0 Å². The molecule has 0 aliphatic heterocycles. The predicted octanol–water partition coefficient (Wildman–Crippen LogP) is 3.70. The van der Waals surface area contributed by atoms with Crippen LogP contribution < -0.4 is 5.32 Å². The fraction of sp³-hybridized carbons (Fsp3) is 0.412. The maximum Gasteiger partial charge on any atom is 0.350 e. The Balaban J connectivity index is 2.11. The highest BCUT2D eigenvalue weighted by Gasteiger charge is 2.17. The first kappa shape index (κ1) is 20.1. The van der Waals surface area contributed by atoms with Crippen LogP contribution in [0.3, 0.4) is 0 Å². The van der Waals surface area contributed by atoms with Gasteiger partial charge in [0.25, 0.3) is 0 Å². The number of hydrogen-bond donors (Lipinski definition) is 1. The molecule has 0 aromatic carbocycles. The summed E-state index contributed by atoms with van der Waals surface area (Å²) in [6.07, 6.45) is 2.99. The van der Waals surface area contributed by atoms with Crippen molar-refractivity contribution < 1.29 is 14.3 Å². The summed E-state index contributed by atoms with van der Waals surface area (Å²) >= 11 is 7.41. The molecular formula is C17H21ClN4O3S. The van der Waals surface area contributed by atoms with E-state index >= 15 is 0 Å². The Bertz CT molecular complexity index is 855. The molecule has 0 spiro atoms. The molecule has 1 amide bonds. The quantitative estimate of drug-likeness (QED) is 0.594. The van der Waals surface area contributed by atoms with Gasteiger partial charge in [0, 0.05) is 18.2 Å². The molecule has 2 aromatic rings. The fourth-order valence-corrected chi connectivity index (χ4v) is 3.46. The molecule has 2 rings (SSSR count). The smallest absolute Gasteiger partial charge is 0.350 e. The van der Waals surface area contributed by atoms with Crippen LogP contribution >= 0.6 is 22.9 Å². The number of rotatable bonds is 6. The van der Waals surface area contributed by atoms with E-state index in [1.54, 1.807) is 17.7 Å². The molecule has 26 heavy (non-hydrogen) atoms. The highest BCUT2D eigenvalue weighted by atomic mass is 35.5. The van der Waals surface area contributed by atoms with E-state index in [0.717, 1.165) is 17.0 Å². The standard InChI is InChI=1S/C17H21ClN4O3S/c1-9(2)8-22-15(18)12(10(3)21-22)6-7-13(23)20-17-19-11(4)14(26-17)16(24)25-5/h6-7,9H,8H2,1-5H3,(H,19,20,23)/b7-6+. The molecule has 0 bridgehead atoms. The van der Waals surface area contributed by atoms with Crippen LogP contribution in [-0.4, -0.2) is 33.8 Å². The van der Waals surface area contributed by atoms with Gasteiger partial charge in [-0.3, -0.25) is 14.8 Å². The maximum absolute atomic E-state index is 12.1. The Morgan fingerprint density at radius 1 is 1.35 bits per heavy atom. The summed E-state index contributed by atoms with van der Waals surface area (Å²) in [5.41, 5.74) is 1.96. The number of aryl methyl sites for hydroxylation is 2. The normalized spacial score (nSPS) is 11.3. The average molecular weight is 397 g/mol. The van der Waals surface area contributed by atoms with Gasteiger partial charge in [0.15, 0.2) is 5.13 Å². The minimum absolute atomic E-state index is 0.330. The van der Waals surface area contributed by atoms with Gasteiger partial charge in [-0.05, 0) is 25.8 Å². The van der Waals surface area contributed by atoms with Crippen molar-refractivity contribution >= 4 is 46.0 Å². The van der Waals surface area contributed by atoms with E-state index < -0.39 is 5.97 Å². The number of methoxy groups -OCH3 is 1. The number of halogens is 1. The molecule has 0 radical (unpaired) electrons. The number of esters is 1. The Labute approximate surface area is 161 Å². The summed E-state index contributed by atoms with van der Waals surface area (Å²) in [5.74, 6) is -0.442. The van der Waals surface area contributed by atoms with Crippen LogP contribution in [0.25, 0.3) is 6.08 Å². The summed E-state index contributed by atoms with van der Waals surface area (Å²) in [5, 5.41) is 7.86. The lowest BCUT2D eigenvalue weighted by Crippen LogP contribution is -2.07. The number of thiazole rings is 1. The number of aromatic nitrogens is 3. The van der Waals surface area contributed by atoms with E-state index in [2.05, 4.69) is 34.0 Å². The molecule has 140 valence electrons. The molecule has 0 aliphatic carbocycles. The third-order valence-electron chi connectivity index (χ3n) is 3.45. The third-order valence-corrected chi connectivity index (χ3v) is 4.90. The van der Waals surface area contributed by atoms with Crippen LogP contribution in [0, 0.1) is 19.8 Å². The van der Waals surface area contributed by atoms with Crippen molar-refractivity contribution in [2.45, 2.75) is 34.2 Å². The van der Waals surface area contributed by atoms with Crippen LogP contribution in [0.4, 0.5) is 5.13 Å². The van der Waals surface area contributed by atoms with Gasteiger partial charge < -0.3 is 4.74 Å². The minimum Gasteiger partial charge on any atom is -0.465 e. The molecule has 9 heteroatoms. The van der Waals surface area contributed by atoms with Crippen LogP contribution in [0.15, 0.2) is 6.08 Å². The highest BCUT2D eigenvalue weighted by Crippen LogP contribution is 2.24. The second-order valence-corrected chi connectivity index (χ2v) is 7.47. The predicted molar refractivity (Wildman–Crippen MR) is 103 cm³/mol. The summed E-state index contributed by atoms with van der Waals surface area (Å²) < 4.78 is 6.41. The molecule has 0 fully saturated rings. The van der Waals surface area contributed by atoms with Crippen LogP contribution in [0.5, 0.6) is 0 Å². The SMILES string of the molecule is COC(=O)c1sc(NC(=O)/C=C/c2c(C)nn(CC(C)C)c2Cl)nc1C. The number of hydrogen-bond acceptors (Lipinski definition) is 6. The monoisotopic (exact) mass is 396 g/mol. The zero-order valence-corrected chi connectivity index (χ0v) is 16.9. The van der Waals surface area contributed by atoms with Crippen molar-refractivity contribution in [2.24, 2.45) is 5.92 Å². The Hall–Kier alpha value is -2.19. The number of ether oxygens (including phenoxy) is 1. The Morgan fingerprint density at radius 2 is 2.04 bits per heavy atom. The van der Waals surface area contributed by atoms with Gasteiger partial charge in [-0.15, -0.1) is 0 Å². The maximum atomic E-state index is 12.1. The molecule has 2 aromatic heterocycles. The number of carbonyl (C=O) groups is 2. The molecule has 2 heterocycles. The first-order valence-electron chi connectivity index (χ1n) is 8.00. The molecule has 0 aliphatic rings.